The summed E-state index contributed by atoms with van der Waals surface area (Å²) in [5, 5.41) is 0. The Kier molecular flexibility index (Phi) is 4.56. The van der Waals surface area contributed by atoms with Crippen molar-refractivity contribution in [2.45, 2.75) is 46.1 Å². The van der Waals surface area contributed by atoms with Crippen LogP contribution >= 0.6 is 0 Å². The van der Waals surface area contributed by atoms with E-state index < -0.39 is 23.6 Å². The van der Waals surface area contributed by atoms with Crippen molar-refractivity contribution in [1.29, 1.82) is 0 Å². The smallest absolute Gasteiger partial charge is 0.306 e. The van der Waals surface area contributed by atoms with Crippen LogP contribution in [-0.4, -0.2) is 23.6 Å². The molecule has 1 aliphatic carbocycles. The molecule has 0 bridgehead atoms. The van der Waals surface area contributed by atoms with Crippen molar-refractivity contribution in [3.63, 3.8) is 0 Å². The predicted octanol–water partition coefficient (Wildman–Crippen LogP) is 2.98. The van der Waals surface area contributed by atoms with Crippen molar-refractivity contribution in [3.05, 3.63) is 34.9 Å². The van der Waals surface area contributed by atoms with E-state index in [2.05, 4.69) is 13.8 Å². The Morgan fingerprint density at radius 1 is 1.19 bits per heavy atom. The van der Waals surface area contributed by atoms with Crippen molar-refractivity contribution >= 4 is 17.5 Å². The van der Waals surface area contributed by atoms with Crippen LogP contribution in [0.4, 0.5) is 0 Å². The van der Waals surface area contributed by atoms with E-state index in [0.29, 0.717) is 23.5 Å². The molecule has 1 aromatic carbocycles. The zero-order valence-electron chi connectivity index (χ0n) is 12.6. The standard InChI is InChI=1S/C17H20O4/c1-4-5-14(18)21-17-15(19)12-7-6-11(8-10(2)3)9-13(12)16(17)20/h6-7,9-10,17H,4-5,8H2,1-3H3. The highest BCUT2D eigenvalue weighted by Gasteiger charge is 2.41. The molecule has 112 valence electrons. The summed E-state index contributed by atoms with van der Waals surface area (Å²) in [6.45, 7) is 6.03. The maximum absolute atomic E-state index is 12.3. The van der Waals surface area contributed by atoms with Crippen LogP contribution in [0.15, 0.2) is 18.2 Å². The summed E-state index contributed by atoms with van der Waals surface area (Å²) in [5.74, 6) is -0.839. The molecule has 1 atom stereocenters. The van der Waals surface area contributed by atoms with E-state index in [0.717, 1.165) is 12.0 Å². The highest BCUT2D eigenvalue weighted by Crippen LogP contribution is 2.26. The first-order valence-electron chi connectivity index (χ1n) is 7.34. The van der Waals surface area contributed by atoms with E-state index in [9.17, 15) is 14.4 Å². The predicted molar refractivity (Wildman–Crippen MR) is 78.4 cm³/mol. The molecule has 0 saturated heterocycles. The van der Waals surface area contributed by atoms with E-state index in [-0.39, 0.29) is 6.42 Å². The van der Waals surface area contributed by atoms with E-state index in [1.54, 1.807) is 12.1 Å². The van der Waals surface area contributed by atoms with Gasteiger partial charge in [-0.15, -0.1) is 0 Å². The molecular formula is C17H20O4. The summed E-state index contributed by atoms with van der Waals surface area (Å²) in [4.78, 5) is 36.0. The number of carbonyl (C=O) groups is 3. The Balaban J connectivity index is 2.23. The number of benzene rings is 1. The average Bonchev–Trinajstić information content (AvgIpc) is 2.63. The second kappa shape index (κ2) is 6.20. The molecule has 4 heteroatoms. The number of ether oxygens (including phenoxy) is 1. The number of hydrogen-bond donors (Lipinski definition) is 0. The molecule has 4 nitrogen and oxygen atoms in total. The van der Waals surface area contributed by atoms with Crippen molar-refractivity contribution in [3.8, 4) is 0 Å². The maximum Gasteiger partial charge on any atom is 0.306 e. The van der Waals surface area contributed by atoms with Crippen LogP contribution in [0.5, 0.6) is 0 Å². The summed E-state index contributed by atoms with van der Waals surface area (Å²) in [6, 6.07) is 5.28. The Morgan fingerprint density at radius 3 is 2.48 bits per heavy atom. The minimum absolute atomic E-state index is 0.214. The fourth-order valence-electron chi connectivity index (χ4n) is 2.51. The Hall–Kier alpha value is -1.97. The number of Topliss-reactive ketones (excluding diaryl/α,β-unsaturated/α-hetero) is 2. The molecule has 0 heterocycles. The SMILES string of the molecule is CCCC(=O)OC1C(=O)c2ccc(CC(C)C)cc2C1=O. The fraction of sp³-hybridized carbons (Fsp3) is 0.471. The van der Waals surface area contributed by atoms with Crippen molar-refractivity contribution in [2.24, 2.45) is 5.92 Å². The van der Waals surface area contributed by atoms with Gasteiger partial charge in [0.2, 0.25) is 17.7 Å². The first-order chi connectivity index (χ1) is 9.93. The Labute approximate surface area is 124 Å². The van der Waals surface area contributed by atoms with Crippen LogP contribution in [0.1, 0.15) is 59.9 Å². The summed E-state index contributed by atoms with van der Waals surface area (Å²) < 4.78 is 5.04. The Bertz CT molecular complexity index is 586. The van der Waals surface area contributed by atoms with Crippen molar-refractivity contribution < 1.29 is 19.1 Å². The Morgan fingerprint density at radius 2 is 1.86 bits per heavy atom. The number of rotatable bonds is 5. The van der Waals surface area contributed by atoms with Gasteiger partial charge in [-0.1, -0.05) is 32.9 Å². The molecule has 1 aromatic rings. The molecule has 0 fully saturated rings. The van der Waals surface area contributed by atoms with Crippen molar-refractivity contribution in [2.75, 3.05) is 0 Å². The monoisotopic (exact) mass is 288 g/mol. The minimum Gasteiger partial charge on any atom is -0.445 e. The fourth-order valence-corrected chi connectivity index (χ4v) is 2.51. The van der Waals surface area contributed by atoms with E-state index >= 15 is 0 Å². The lowest BCUT2D eigenvalue weighted by atomic mass is 9.99. The second-order valence-electron chi connectivity index (χ2n) is 5.83. The molecule has 0 radical (unpaired) electrons. The molecule has 1 aliphatic rings. The van der Waals surface area contributed by atoms with Gasteiger partial charge in [-0.05, 0) is 30.4 Å². The summed E-state index contributed by atoms with van der Waals surface area (Å²) in [5.41, 5.74) is 1.76. The van der Waals surface area contributed by atoms with Gasteiger partial charge in [-0.25, -0.2) is 0 Å². The molecular weight excluding hydrogens is 268 g/mol. The third-order valence-corrected chi connectivity index (χ3v) is 3.44. The first-order valence-corrected chi connectivity index (χ1v) is 7.34. The largest absolute Gasteiger partial charge is 0.445 e. The molecule has 0 aliphatic heterocycles. The normalized spacial score (nSPS) is 17.2. The summed E-state index contributed by atoms with van der Waals surface area (Å²) in [7, 11) is 0. The molecule has 2 rings (SSSR count). The number of hydrogen-bond acceptors (Lipinski definition) is 4. The highest BCUT2D eigenvalue weighted by molar-refractivity contribution is 6.29. The maximum atomic E-state index is 12.3. The lowest BCUT2D eigenvalue weighted by Crippen LogP contribution is -2.28. The van der Waals surface area contributed by atoms with Gasteiger partial charge in [0.1, 0.15) is 0 Å². The number of esters is 1. The topological polar surface area (TPSA) is 60.4 Å². The van der Waals surface area contributed by atoms with Gasteiger partial charge in [-0.3, -0.25) is 14.4 Å². The minimum atomic E-state index is -1.28. The number of carbonyl (C=O) groups excluding carboxylic acids is 3. The van der Waals surface area contributed by atoms with E-state index in [4.69, 9.17) is 4.74 Å². The lowest BCUT2D eigenvalue weighted by molar-refractivity contribution is -0.145. The molecule has 0 aromatic heterocycles. The van der Waals surface area contributed by atoms with E-state index in [1.807, 2.05) is 13.0 Å². The summed E-state index contributed by atoms with van der Waals surface area (Å²) >= 11 is 0. The van der Waals surface area contributed by atoms with Crippen LogP contribution < -0.4 is 0 Å². The molecule has 1 unspecified atom stereocenters. The zero-order chi connectivity index (χ0) is 15.6. The van der Waals surface area contributed by atoms with Crippen LogP contribution in [0, 0.1) is 5.92 Å². The van der Waals surface area contributed by atoms with Gasteiger partial charge in [0, 0.05) is 17.5 Å². The summed E-state index contributed by atoms with van der Waals surface area (Å²) in [6.07, 6.45) is 0.397. The van der Waals surface area contributed by atoms with Crippen LogP contribution in [0.25, 0.3) is 0 Å². The number of fused-ring (bicyclic) bond motifs is 1. The third-order valence-electron chi connectivity index (χ3n) is 3.44. The zero-order valence-corrected chi connectivity index (χ0v) is 12.6. The molecule has 0 N–H and O–H groups in total. The van der Waals surface area contributed by atoms with Crippen molar-refractivity contribution in [1.82, 2.24) is 0 Å². The quantitative estimate of drug-likeness (QED) is 0.617. The molecule has 0 amide bonds. The van der Waals surface area contributed by atoms with Crippen LogP contribution in [0.2, 0.25) is 0 Å². The highest BCUT2D eigenvalue weighted by atomic mass is 16.5. The van der Waals surface area contributed by atoms with Gasteiger partial charge >= 0.3 is 5.97 Å². The van der Waals surface area contributed by atoms with Gasteiger partial charge in [0.15, 0.2) is 0 Å². The number of ketones is 2. The van der Waals surface area contributed by atoms with Gasteiger partial charge in [0.25, 0.3) is 0 Å². The molecule has 21 heavy (non-hydrogen) atoms. The van der Waals surface area contributed by atoms with Gasteiger partial charge < -0.3 is 4.74 Å². The van der Waals surface area contributed by atoms with E-state index in [1.165, 1.54) is 0 Å². The third kappa shape index (κ3) is 3.20. The van der Waals surface area contributed by atoms with Crippen LogP contribution in [-0.2, 0) is 16.0 Å². The van der Waals surface area contributed by atoms with Gasteiger partial charge in [0.05, 0.1) is 0 Å². The lowest BCUT2D eigenvalue weighted by Gasteiger charge is -2.08. The van der Waals surface area contributed by atoms with Gasteiger partial charge in [-0.2, -0.15) is 0 Å². The van der Waals surface area contributed by atoms with Crippen LogP contribution in [0.3, 0.4) is 0 Å². The first kappa shape index (κ1) is 15.4. The average molecular weight is 288 g/mol. The second-order valence-corrected chi connectivity index (χ2v) is 5.83. The molecule has 0 saturated carbocycles. The molecule has 0 spiro atoms.